The van der Waals surface area contributed by atoms with Crippen molar-refractivity contribution in [2.24, 2.45) is 0 Å². The molecule has 0 radical (unpaired) electrons. The Balaban J connectivity index is 3.27. The molecule has 0 atom stereocenters. The van der Waals surface area contributed by atoms with Crippen LogP contribution in [0.1, 0.15) is 11.1 Å². The molecule has 1 aromatic rings. The Kier molecular flexibility index (Phi) is 2.54. The highest BCUT2D eigenvalue weighted by Crippen LogP contribution is 2.17. The van der Waals surface area contributed by atoms with Gasteiger partial charge in [-0.1, -0.05) is 12.1 Å². The third-order valence-corrected chi connectivity index (χ3v) is 3.26. The molecule has 0 spiro atoms. The first-order chi connectivity index (χ1) is 4.75. The maximum atomic E-state index is 10.6. The average molecular weight is 248 g/mol. The molecule has 0 saturated carbocycles. The van der Waals surface area contributed by atoms with Crippen molar-refractivity contribution in [2.75, 3.05) is 0 Å². The van der Waals surface area contributed by atoms with E-state index in [2.05, 4.69) is 0 Å². The van der Waals surface area contributed by atoms with Crippen LogP contribution in [0.15, 0.2) is 18.2 Å². The molecule has 0 aromatic heterocycles. The second kappa shape index (κ2) is 3.23. The van der Waals surface area contributed by atoms with E-state index in [9.17, 15) is 3.07 Å². The van der Waals surface area contributed by atoms with Crippen LogP contribution in [0.5, 0.6) is 0 Å². The van der Waals surface area contributed by atoms with Crippen LogP contribution in [0.3, 0.4) is 0 Å². The number of hydrogen-bond donors (Lipinski definition) is 0. The van der Waals surface area contributed by atoms with Gasteiger partial charge >= 0.3 is 0 Å². The Labute approximate surface area is 71.1 Å². The predicted molar refractivity (Wildman–Crippen MR) is 49.3 cm³/mol. The monoisotopic (exact) mass is 248 g/mol. The number of aryl methyl sites for hydroxylation is 1. The molecule has 0 aliphatic carbocycles. The van der Waals surface area contributed by atoms with Crippen LogP contribution in [-0.4, -0.2) is 0 Å². The van der Waals surface area contributed by atoms with Crippen LogP contribution in [0, 0.1) is 17.4 Å². The number of benzene rings is 1. The first-order valence-corrected chi connectivity index (χ1v) is 5.05. The molecule has 10 heavy (non-hydrogen) atoms. The van der Waals surface area contributed by atoms with E-state index in [1.165, 1.54) is 11.1 Å². The van der Waals surface area contributed by atoms with E-state index in [4.69, 9.17) is 0 Å². The van der Waals surface area contributed by atoms with E-state index in [-0.39, 0.29) is 0 Å². The van der Waals surface area contributed by atoms with Gasteiger partial charge in [-0.25, -0.2) is 0 Å². The summed E-state index contributed by atoms with van der Waals surface area (Å²) in [7, 11) is 0. The lowest BCUT2D eigenvalue weighted by Crippen LogP contribution is -1.83. The van der Waals surface area contributed by atoms with Gasteiger partial charge in [-0.15, -0.1) is 0 Å². The second-order valence-corrected chi connectivity index (χ2v) is 3.86. The van der Waals surface area contributed by atoms with Crippen molar-refractivity contribution in [2.45, 2.75) is 13.8 Å². The van der Waals surface area contributed by atoms with Crippen molar-refractivity contribution in [3.63, 3.8) is 0 Å². The van der Waals surface area contributed by atoms with Gasteiger partial charge in [0, 0.05) is 3.57 Å². The molecule has 0 aliphatic heterocycles. The summed E-state index contributed by atoms with van der Waals surface area (Å²) in [6.45, 7) is 4.06. The predicted octanol–water partition coefficient (Wildman–Crippen LogP) is 2.79. The fourth-order valence-corrected chi connectivity index (χ4v) is 1.91. The van der Waals surface area contributed by atoms with Crippen molar-refractivity contribution in [3.8, 4) is 0 Å². The summed E-state index contributed by atoms with van der Waals surface area (Å²) in [4.78, 5) is 0. The zero-order valence-corrected chi connectivity index (χ0v) is 8.18. The van der Waals surface area contributed by atoms with Gasteiger partial charge in [-0.2, -0.15) is 0 Å². The van der Waals surface area contributed by atoms with Crippen LogP contribution in [0.2, 0.25) is 0 Å². The van der Waals surface area contributed by atoms with E-state index in [0.717, 1.165) is 3.57 Å². The minimum absolute atomic E-state index is 0.979. The summed E-state index contributed by atoms with van der Waals surface area (Å²) >= 11 is -0.979. The molecule has 0 aliphatic rings. The Bertz CT molecular complexity index is 255. The molecule has 0 saturated heterocycles. The Morgan fingerprint density at radius 2 is 2.00 bits per heavy atom. The van der Waals surface area contributed by atoms with Crippen molar-refractivity contribution in [1.82, 2.24) is 0 Å². The highest BCUT2D eigenvalue weighted by molar-refractivity contribution is 14.1. The molecule has 1 nitrogen and oxygen atoms in total. The normalized spacial score (nSPS) is 9.80. The maximum Gasteiger partial charge on any atom is 0.182 e. The van der Waals surface area contributed by atoms with Crippen LogP contribution in [-0.2, 0) is 3.07 Å². The molecule has 1 aromatic carbocycles. The van der Waals surface area contributed by atoms with Gasteiger partial charge in [0.15, 0.2) is 21.2 Å². The minimum Gasteiger partial charge on any atom is -0.265 e. The zero-order chi connectivity index (χ0) is 7.56. The topological polar surface area (TPSA) is 17.1 Å². The van der Waals surface area contributed by atoms with Gasteiger partial charge in [0.25, 0.3) is 0 Å². The summed E-state index contributed by atoms with van der Waals surface area (Å²) in [6.07, 6.45) is 0. The lowest BCUT2D eigenvalue weighted by atomic mass is 10.1. The molecule has 0 N–H and O–H groups in total. The standard InChI is InChI=1S/C8H9IO/c1-6-4-3-5-8(9-10)7(6)2/h3-5H,1-2H3. The quantitative estimate of drug-likeness (QED) is 0.698. The second-order valence-electron chi connectivity index (χ2n) is 2.26. The van der Waals surface area contributed by atoms with Gasteiger partial charge in [-0.3, -0.25) is 3.07 Å². The highest BCUT2D eigenvalue weighted by Gasteiger charge is 1.97. The number of rotatable bonds is 1. The summed E-state index contributed by atoms with van der Waals surface area (Å²) in [5, 5.41) is 0. The van der Waals surface area contributed by atoms with Crippen molar-refractivity contribution < 1.29 is 3.07 Å². The SMILES string of the molecule is Cc1cccc(I=O)c1C. The molecule has 0 unspecified atom stereocenters. The lowest BCUT2D eigenvalue weighted by molar-refractivity contribution is 0.648. The number of halogens is 1. The van der Waals surface area contributed by atoms with Crippen molar-refractivity contribution in [3.05, 3.63) is 32.9 Å². The smallest absolute Gasteiger partial charge is 0.182 e. The van der Waals surface area contributed by atoms with Crippen molar-refractivity contribution in [1.29, 1.82) is 0 Å². The summed E-state index contributed by atoms with van der Waals surface area (Å²) in [6, 6.07) is 5.93. The molecule has 2 heteroatoms. The Morgan fingerprint density at radius 3 is 2.50 bits per heavy atom. The van der Waals surface area contributed by atoms with Crippen LogP contribution in [0.4, 0.5) is 0 Å². The fourth-order valence-electron chi connectivity index (χ4n) is 0.799. The van der Waals surface area contributed by atoms with E-state index in [0.29, 0.717) is 0 Å². The largest absolute Gasteiger partial charge is 0.265 e. The van der Waals surface area contributed by atoms with Crippen LogP contribution in [0.25, 0.3) is 0 Å². The van der Waals surface area contributed by atoms with E-state index >= 15 is 0 Å². The molecule has 0 bridgehead atoms. The molecule has 54 valence electrons. The Hall–Kier alpha value is -0.250. The molecule has 0 fully saturated rings. The molecule has 0 amide bonds. The van der Waals surface area contributed by atoms with Gasteiger partial charge in [0.1, 0.15) is 0 Å². The van der Waals surface area contributed by atoms with E-state index in [1.807, 2.05) is 32.0 Å². The maximum absolute atomic E-state index is 10.6. The van der Waals surface area contributed by atoms with Crippen LogP contribution < -0.4 is 0 Å². The summed E-state index contributed by atoms with van der Waals surface area (Å²) in [5.74, 6) is 0. The van der Waals surface area contributed by atoms with E-state index < -0.39 is 21.2 Å². The van der Waals surface area contributed by atoms with Crippen molar-refractivity contribution >= 4 is 21.2 Å². The fraction of sp³-hybridized carbons (Fsp3) is 0.250. The first-order valence-electron chi connectivity index (χ1n) is 3.09. The van der Waals surface area contributed by atoms with Crippen LogP contribution >= 0.6 is 21.2 Å². The Morgan fingerprint density at radius 1 is 1.30 bits per heavy atom. The zero-order valence-electron chi connectivity index (χ0n) is 6.02. The van der Waals surface area contributed by atoms with Gasteiger partial charge < -0.3 is 0 Å². The summed E-state index contributed by atoms with van der Waals surface area (Å²) < 4.78 is 11.6. The number of hydrogen-bond acceptors (Lipinski definition) is 1. The molecule has 1 rings (SSSR count). The third kappa shape index (κ3) is 1.42. The van der Waals surface area contributed by atoms with Gasteiger partial charge in [-0.05, 0) is 31.0 Å². The highest BCUT2D eigenvalue weighted by atomic mass is 127. The minimum atomic E-state index is -0.979. The third-order valence-electron chi connectivity index (χ3n) is 1.62. The summed E-state index contributed by atoms with van der Waals surface area (Å²) in [5.41, 5.74) is 2.42. The molecular weight excluding hydrogens is 239 g/mol. The van der Waals surface area contributed by atoms with Gasteiger partial charge in [0.05, 0.1) is 0 Å². The first kappa shape index (κ1) is 7.85. The lowest BCUT2D eigenvalue weighted by Gasteiger charge is -1.98. The molecular formula is C8H9IO. The van der Waals surface area contributed by atoms with Gasteiger partial charge in [0.2, 0.25) is 0 Å². The van der Waals surface area contributed by atoms with E-state index in [1.54, 1.807) is 0 Å². The molecule has 0 heterocycles. The average Bonchev–Trinajstić information content (AvgIpc) is 1.95.